The number of piperidine rings is 1. The summed E-state index contributed by atoms with van der Waals surface area (Å²) >= 11 is 0. The van der Waals surface area contributed by atoms with Crippen LogP contribution in [0.1, 0.15) is 24.8 Å². The Bertz CT molecular complexity index is 819. The summed E-state index contributed by atoms with van der Waals surface area (Å²) in [6, 6.07) is 5.02. The van der Waals surface area contributed by atoms with Crippen LogP contribution >= 0.6 is 0 Å². The molecule has 0 radical (unpaired) electrons. The van der Waals surface area contributed by atoms with Crippen molar-refractivity contribution in [3.63, 3.8) is 0 Å². The summed E-state index contributed by atoms with van der Waals surface area (Å²) < 4.78 is 37.1. The van der Waals surface area contributed by atoms with Crippen LogP contribution in [0.3, 0.4) is 0 Å². The fourth-order valence-corrected chi connectivity index (χ4v) is 4.28. The first kappa shape index (κ1) is 20.8. The Balaban J connectivity index is 1.68. The van der Waals surface area contributed by atoms with Gasteiger partial charge in [0.1, 0.15) is 11.4 Å². The number of oxime groups is 1. The minimum atomic E-state index is -3.39. The molecule has 0 bridgehead atoms. The van der Waals surface area contributed by atoms with Crippen molar-refractivity contribution >= 4 is 21.4 Å². The highest BCUT2D eigenvalue weighted by atomic mass is 32.2. The Kier molecular flexibility index (Phi) is 6.43. The van der Waals surface area contributed by atoms with E-state index >= 15 is 0 Å². The number of hydrogen-bond donors (Lipinski definition) is 3. The molecular formula is C18H28N4O5S. The number of fused-ring (bicyclic) bond motifs is 1. The Hall–Kier alpha value is -1.88. The molecule has 28 heavy (non-hydrogen) atoms. The Morgan fingerprint density at radius 3 is 2.75 bits per heavy atom. The second kappa shape index (κ2) is 8.64. The van der Waals surface area contributed by atoms with E-state index in [2.05, 4.69) is 14.8 Å². The molecule has 1 saturated heterocycles. The quantitative estimate of drug-likeness (QED) is 0.344. The SMILES string of the molecule is CS(=O)(=O)Nc1ccc2c(c1)/C(=N/O)CC1(CCN(CCOCCN)CC1)O2. The molecule has 2 aliphatic heterocycles. The van der Waals surface area contributed by atoms with Crippen molar-refractivity contribution in [1.29, 1.82) is 0 Å². The third kappa shape index (κ3) is 5.13. The predicted molar refractivity (Wildman–Crippen MR) is 107 cm³/mol. The van der Waals surface area contributed by atoms with Crippen LogP contribution in [0.2, 0.25) is 0 Å². The van der Waals surface area contributed by atoms with Gasteiger partial charge < -0.3 is 25.3 Å². The first-order valence-electron chi connectivity index (χ1n) is 9.36. The molecule has 9 nitrogen and oxygen atoms in total. The molecule has 4 N–H and O–H groups in total. The maximum atomic E-state index is 11.5. The topological polar surface area (TPSA) is 126 Å². The molecule has 0 unspecified atom stereocenters. The number of nitrogens with zero attached hydrogens (tertiary/aromatic N) is 2. The normalized spacial score (nSPS) is 20.7. The van der Waals surface area contributed by atoms with Gasteiger partial charge in [-0.15, -0.1) is 0 Å². The summed E-state index contributed by atoms with van der Waals surface area (Å²) in [5, 5.41) is 13.0. The summed E-state index contributed by atoms with van der Waals surface area (Å²) in [5.41, 5.74) is 6.55. The van der Waals surface area contributed by atoms with Crippen molar-refractivity contribution in [3.8, 4) is 5.75 Å². The molecule has 2 heterocycles. The van der Waals surface area contributed by atoms with Gasteiger partial charge in [0, 0.05) is 56.7 Å². The zero-order valence-electron chi connectivity index (χ0n) is 16.1. The van der Waals surface area contributed by atoms with E-state index in [1.807, 2.05) is 0 Å². The lowest BCUT2D eigenvalue weighted by molar-refractivity contribution is -0.00485. The minimum absolute atomic E-state index is 0.408. The average Bonchev–Trinajstić information content (AvgIpc) is 2.65. The van der Waals surface area contributed by atoms with Crippen molar-refractivity contribution in [2.45, 2.75) is 24.9 Å². The zero-order chi connectivity index (χ0) is 20.2. The molecule has 0 saturated carbocycles. The number of likely N-dealkylation sites (tertiary alicyclic amines) is 1. The van der Waals surface area contributed by atoms with E-state index < -0.39 is 15.6 Å². The molecule has 1 spiro atoms. The Morgan fingerprint density at radius 1 is 1.36 bits per heavy atom. The van der Waals surface area contributed by atoms with Gasteiger partial charge in [0.2, 0.25) is 10.0 Å². The molecule has 0 aliphatic carbocycles. The van der Waals surface area contributed by atoms with E-state index in [0.29, 0.717) is 48.9 Å². The van der Waals surface area contributed by atoms with Crippen LogP contribution in [0, 0.1) is 0 Å². The Morgan fingerprint density at radius 2 is 2.11 bits per heavy atom. The predicted octanol–water partition coefficient (Wildman–Crippen LogP) is 0.829. The first-order chi connectivity index (χ1) is 13.3. The van der Waals surface area contributed by atoms with E-state index in [1.54, 1.807) is 18.2 Å². The average molecular weight is 413 g/mol. The standard InChI is InChI=1S/C18H28N4O5S/c1-28(24,25)21-14-2-3-17-15(12-14)16(20-23)13-18(27-17)4-7-22(8-5-18)9-11-26-10-6-19/h2-3,12,21,23H,4-11,13,19H2,1H3/b20-16+. The highest BCUT2D eigenvalue weighted by molar-refractivity contribution is 7.92. The minimum Gasteiger partial charge on any atom is -0.486 e. The largest absolute Gasteiger partial charge is 0.486 e. The third-order valence-corrected chi connectivity index (χ3v) is 5.72. The van der Waals surface area contributed by atoms with Crippen molar-refractivity contribution < 1.29 is 23.1 Å². The number of sulfonamides is 1. The van der Waals surface area contributed by atoms with Crippen LogP contribution in [-0.4, -0.2) is 75.5 Å². The molecule has 3 rings (SSSR count). The Labute approximate surface area is 165 Å². The van der Waals surface area contributed by atoms with Gasteiger partial charge >= 0.3 is 0 Å². The number of anilines is 1. The van der Waals surface area contributed by atoms with Gasteiger partial charge in [-0.1, -0.05) is 5.16 Å². The van der Waals surface area contributed by atoms with Crippen LogP contribution in [0.4, 0.5) is 5.69 Å². The number of benzene rings is 1. The van der Waals surface area contributed by atoms with Crippen LogP contribution in [0.5, 0.6) is 5.75 Å². The monoisotopic (exact) mass is 412 g/mol. The number of hydrogen-bond acceptors (Lipinski definition) is 8. The smallest absolute Gasteiger partial charge is 0.229 e. The fourth-order valence-electron chi connectivity index (χ4n) is 3.72. The molecular weight excluding hydrogens is 384 g/mol. The van der Waals surface area contributed by atoms with Crippen LogP contribution in [0.15, 0.2) is 23.4 Å². The summed E-state index contributed by atoms with van der Waals surface area (Å²) in [4.78, 5) is 2.33. The molecule has 0 atom stereocenters. The second-order valence-electron chi connectivity index (χ2n) is 7.34. The van der Waals surface area contributed by atoms with E-state index in [4.69, 9.17) is 15.2 Å². The van der Waals surface area contributed by atoms with Crippen LogP contribution < -0.4 is 15.2 Å². The summed E-state index contributed by atoms with van der Waals surface area (Å²) in [6.45, 7) is 4.36. The number of rotatable bonds is 7. The van der Waals surface area contributed by atoms with E-state index in [1.165, 1.54) is 0 Å². The van der Waals surface area contributed by atoms with Gasteiger partial charge in [0.25, 0.3) is 0 Å². The van der Waals surface area contributed by atoms with E-state index in [0.717, 1.165) is 38.7 Å². The van der Waals surface area contributed by atoms with Gasteiger partial charge in [-0.3, -0.25) is 4.72 Å². The van der Waals surface area contributed by atoms with Gasteiger partial charge in [-0.05, 0) is 18.2 Å². The zero-order valence-corrected chi connectivity index (χ0v) is 16.9. The summed E-state index contributed by atoms with van der Waals surface area (Å²) in [6.07, 6.45) is 3.20. The van der Waals surface area contributed by atoms with E-state index in [-0.39, 0.29) is 0 Å². The van der Waals surface area contributed by atoms with Gasteiger partial charge in [-0.25, -0.2) is 8.42 Å². The van der Waals surface area contributed by atoms with Crippen molar-refractivity contribution in [1.82, 2.24) is 4.90 Å². The summed E-state index contributed by atoms with van der Waals surface area (Å²) in [5.74, 6) is 0.609. The molecule has 1 aromatic carbocycles. The molecule has 2 aliphatic rings. The lowest BCUT2D eigenvalue weighted by Gasteiger charge is -2.44. The lowest BCUT2D eigenvalue weighted by Crippen LogP contribution is -2.51. The second-order valence-corrected chi connectivity index (χ2v) is 9.08. The molecule has 1 fully saturated rings. The first-order valence-corrected chi connectivity index (χ1v) is 11.3. The van der Waals surface area contributed by atoms with E-state index in [9.17, 15) is 13.6 Å². The fraction of sp³-hybridized carbons (Fsp3) is 0.611. The van der Waals surface area contributed by atoms with Gasteiger partial charge in [0.05, 0.1) is 25.2 Å². The van der Waals surface area contributed by atoms with Crippen LogP contribution in [-0.2, 0) is 14.8 Å². The van der Waals surface area contributed by atoms with Gasteiger partial charge in [-0.2, -0.15) is 0 Å². The highest BCUT2D eigenvalue weighted by Crippen LogP contribution is 2.40. The highest BCUT2D eigenvalue weighted by Gasteiger charge is 2.42. The maximum Gasteiger partial charge on any atom is 0.229 e. The van der Waals surface area contributed by atoms with Crippen LogP contribution in [0.25, 0.3) is 0 Å². The van der Waals surface area contributed by atoms with Gasteiger partial charge in [0.15, 0.2) is 0 Å². The number of nitrogens with one attached hydrogen (secondary N) is 1. The van der Waals surface area contributed by atoms with Crippen molar-refractivity contribution in [2.75, 3.05) is 50.4 Å². The van der Waals surface area contributed by atoms with Crippen molar-refractivity contribution in [2.24, 2.45) is 10.9 Å². The third-order valence-electron chi connectivity index (χ3n) is 5.11. The molecule has 0 amide bonds. The number of ether oxygens (including phenoxy) is 2. The lowest BCUT2D eigenvalue weighted by atomic mass is 9.82. The molecule has 0 aromatic heterocycles. The molecule has 156 valence electrons. The maximum absolute atomic E-state index is 11.5. The van der Waals surface area contributed by atoms with Crippen molar-refractivity contribution in [3.05, 3.63) is 23.8 Å². The molecule has 1 aromatic rings. The number of nitrogens with two attached hydrogens (primary N) is 1. The molecule has 10 heteroatoms. The summed E-state index contributed by atoms with van der Waals surface area (Å²) in [7, 11) is -3.39.